The van der Waals surface area contributed by atoms with Gasteiger partial charge in [-0.2, -0.15) is 0 Å². The molecular weight excluding hydrogens is 300 g/mol. The molecular formula is C17H17ClN2O2. The van der Waals surface area contributed by atoms with E-state index in [1.54, 1.807) is 36.7 Å². The Kier molecular flexibility index (Phi) is 4.59. The topological polar surface area (TPSA) is 42.4 Å². The molecule has 114 valence electrons. The minimum atomic E-state index is 0.0523. The Balaban J connectivity index is 1.55. The Morgan fingerprint density at radius 2 is 1.91 bits per heavy atom. The minimum absolute atomic E-state index is 0.0523. The van der Waals surface area contributed by atoms with E-state index in [9.17, 15) is 4.79 Å². The molecule has 0 saturated carbocycles. The van der Waals surface area contributed by atoms with Gasteiger partial charge in [-0.25, -0.2) is 0 Å². The van der Waals surface area contributed by atoms with E-state index in [1.165, 1.54) is 0 Å². The molecule has 0 unspecified atom stereocenters. The largest absolute Gasteiger partial charge is 0.489 e. The van der Waals surface area contributed by atoms with Gasteiger partial charge in [0.05, 0.1) is 6.20 Å². The molecule has 1 fully saturated rings. The molecule has 5 heteroatoms. The third-order valence-electron chi connectivity index (χ3n) is 3.76. The van der Waals surface area contributed by atoms with E-state index in [1.807, 2.05) is 17.0 Å². The third-order valence-corrected chi connectivity index (χ3v) is 4.01. The number of carbonyl (C=O) groups excluding carboxylic acids is 1. The van der Waals surface area contributed by atoms with Crippen molar-refractivity contribution in [2.24, 2.45) is 0 Å². The zero-order valence-electron chi connectivity index (χ0n) is 12.1. The van der Waals surface area contributed by atoms with E-state index in [0.717, 1.165) is 18.6 Å². The number of hydrogen-bond acceptors (Lipinski definition) is 3. The zero-order valence-corrected chi connectivity index (χ0v) is 12.9. The van der Waals surface area contributed by atoms with Crippen molar-refractivity contribution in [2.45, 2.75) is 18.9 Å². The number of hydrogen-bond donors (Lipinski definition) is 0. The number of aromatic nitrogens is 1. The number of halogens is 1. The highest BCUT2D eigenvalue weighted by Gasteiger charge is 2.24. The molecule has 0 atom stereocenters. The highest BCUT2D eigenvalue weighted by Crippen LogP contribution is 2.20. The number of pyridine rings is 1. The summed E-state index contributed by atoms with van der Waals surface area (Å²) in [5.74, 6) is 0.835. The first-order valence-corrected chi connectivity index (χ1v) is 7.72. The van der Waals surface area contributed by atoms with Crippen molar-refractivity contribution in [3.8, 4) is 5.75 Å². The first-order chi connectivity index (χ1) is 10.7. The highest BCUT2D eigenvalue weighted by atomic mass is 35.5. The summed E-state index contributed by atoms with van der Waals surface area (Å²) in [5, 5.41) is 0.639. The summed E-state index contributed by atoms with van der Waals surface area (Å²) in [6, 6.07) is 10.8. The van der Waals surface area contributed by atoms with Gasteiger partial charge in [0, 0.05) is 42.7 Å². The van der Waals surface area contributed by atoms with E-state index in [4.69, 9.17) is 16.3 Å². The molecule has 22 heavy (non-hydrogen) atoms. The Labute approximate surface area is 134 Å². The maximum atomic E-state index is 12.4. The van der Waals surface area contributed by atoms with Crippen LogP contribution in [0.25, 0.3) is 0 Å². The van der Waals surface area contributed by atoms with Crippen LogP contribution in [0.3, 0.4) is 0 Å². The van der Waals surface area contributed by atoms with Crippen molar-refractivity contribution in [3.63, 3.8) is 0 Å². The number of piperidine rings is 1. The quantitative estimate of drug-likeness (QED) is 0.871. The van der Waals surface area contributed by atoms with Crippen LogP contribution in [0.1, 0.15) is 23.2 Å². The molecule has 2 heterocycles. The maximum absolute atomic E-state index is 12.4. The summed E-state index contributed by atoms with van der Waals surface area (Å²) in [5.41, 5.74) is 0.677. The van der Waals surface area contributed by atoms with E-state index >= 15 is 0 Å². The predicted octanol–water partition coefficient (Wildman–Crippen LogP) is 3.42. The van der Waals surface area contributed by atoms with Crippen LogP contribution in [0, 0.1) is 0 Å². The fourth-order valence-corrected chi connectivity index (χ4v) is 2.69. The lowest BCUT2D eigenvalue weighted by molar-refractivity contribution is 0.0595. The van der Waals surface area contributed by atoms with E-state index in [0.29, 0.717) is 23.7 Å². The van der Waals surface area contributed by atoms with Crippen molar-refractivity contribution < 1.29 is 9.53 Å². The summed E-state index contributed by atoms with van der Waals surface area (Å²) in [6.07, 6.45) is 5.23. The molecule has 1 aliphatic rings. The molecule has 1 aliphatic heterocycles. The molecule has 1 amide bonds. The number of amides is 1. The van der Waals surface area contributed by atoms with Crippen LogP contribution in [0.15, 0.2) is 48.8 Å². The predicted molar refractivity (Wildman–Crippen MR) is 85.2 cm³/mol. The van der Waals surface area contributed by atoms with Gasteiger partial charge < -0.3 is 9.64 Å². The number of nitrogens with zero attached hydrogens (tertiary/aromatic N) is 2. The Bertz CT molecular complexity index is 623. The van der Waals surface area contributed by atoms with Crippen molar-refractivity contribution in [2.75, 3.05) is 13.1 Å². The van der Waals surface area contributed by atoms with Crippen molar-refractivity contribution in [1.82, 2.24) is 9.88 Å². The van der Waals surface area contributed by atoms with E-state index < -0.39 is 0 Å². The zero-order chi connectivity index (χ0) is 15.4. The average Bonchev–Trinajstić information content (AvgIpc) is 2.57. The first-order valence-electron chi connectivity index (χ1n) is 7.34. The van der Waals surface area contributed by atoms with Crippen molar-refractivity contribution >= 4 is 17.5 Å². The Hall–Kier alpha value is -2.07. The molecule has 1 aromatic heterocycles. The summed E-state index contributed by atoms with van der Waals surface area (Å²) >= 11 is 5.85. The van der Waals surface area contributed by atoms with Crippen LogP contribution in [0.4, 0.5) is 0 Å². The molecule has 2 aromatic rings. The van der Waals surface area contributed by atoms with Gasteiger partial charge in [0.15, 0.2) is 0 Å². The molecule has 1 aromatic carbocycles. The Morgan fingerprint density at radius 3 is 2.55 bits per heavy atom. The smallest absolute Gasteiger partial charge is 0.253 e. The van der Waals surface area contributed by atoms with Gasteiger partial charge in [-0.05, 0) is 36.4 Å². The van der Waals surface area contributed by atoms with E-state index in [-0.39, 0.29) is 12.0 Å². The molecule has 3 rings (SSSR count). The first kappa shape index (κ1) is 14.9. The second-order valence-electron chi connectivity index (χ2n) is 5.31. The minimum Gasteiger partial charge on any atom is -0.489 e. The Morgan fingerprint density at radius 1 is 1.18 bits per heavy atom. The fourth-order valence-electron chi connectivity index (χ4n) is 2.56. The van der Waals surface area contributed by atoms with Crippen LogP contribution in [-0.2, 0) is 0 Å². The number of likely N-dealkylation sites (tertiary alicyclic amines) is 1. The van der Waals surface area contributed by atoms with Gasteiger partial charge in [0.1, 0.15) is 11.9 Å². The van der Waals surface area contributed by atoms with Gasteiger partial charge in [-0.15, -0.1) is 0 Å². The second kappa shape index (κ2) is 6.79. The lowest BCUT2D eigenvalue weighted by Crippen LogP contribution is -2.41. The molecule has 1 saturated heterocycles. The number of ether oxygens (including phenoxy) is 1. The van der Waals surface area contributed by atoms with Crippen molar-refractivity contribution in [3.05, 3.63) is 59.4 Å². The monoisotopic (exact) mass is 316 g/mol. The normalized spacial score (nSPS) is 15.6. The molecule has 0 bridgehead atoms. The molecule has 0 radical (unpaired) electrons. The van der Waals surface area contributed by atoms with Crippen molar-refractivity contribution in [1.29, 1.82) is 0 Å². The third kappa shape index (κ3) is 3.57. The number of benzene rings is 1. The fraction of sp³-hybridized carbons (Fsp3) is 0.294. The van der Waals surface area contributed by atoms with Gasteiger partial charge >= 0.3 is 0 Å². The average molecular weight is 317 g/mol. The maximum Gasteiger partial charge on any atom is 0.253 e. The molecule has 4 nitrogen and oxygen atoms in total. The van der Waals surface area contributed by atoms with Crippen LogP contribution >= 0.6 is 11.6 Å². The summed E-state index contributed by atoms with van der Waals surface area (Å²) in [7, 11) is 0. The van der Waals surface area contributed by atoms with Crippen LogP contribution in [0.2, 0.25) is 5.02 Å². The van der Waals surface area contributed by atoms with Crippen LogP contribution < -0.4 is 4.74 Å². The van der Waals surface area contributed by atoms with Gasteiger partial charge in [-0.3, -0.25) is 9.78 Å². The van der Waals surface area contributed by atoms with Gasteiger partial charge in [0.2, 0.25) is 0 Å². The second-order valence-corrected chi connectivity index (χ2v) is 5.74. The van der Waals surface area contributed by atoms with E-state index in [2.05, 4.69) is 4.98 Å². The lowest BCUT2D eigenvalue weighted by atomic mass is 10.1. The van der Waals surface area contributed by atoms with Crippen LogP contribution in [0.5, 0.6) is 5.75 Å². The van der Waals surface area contributed by atoms with Crippen LogP contribution in [-0.4, -0.2) is 35.0 Å². The number of rotatable bonds is 3. The summed E-state index contributed by atoms with van der Waals surface area (Å²) in [4.78, 5) is 18.3. The van der Waals surface area contributed by atoms with Gasteiger partial charge in [0.25, 0.3) is 5.91 Å². The number of carbonyl (C=O) groups is 1. The summed E-state index contributed by atoms with van der Waals surface area (Å²) in [6.45, 7) is 1.40. The SMILES string of the molecule is O=C(c1ccc(Cl)cc1)N1CCC(Oc2cccnc2)CC1. The molecule has 0 aliphatic carbocycles. The highest BCUT2D eigenvalue weighted by molar-refractivity contribution is 6.30. The van der Waals surface area contributed by atoms with Gasteiger partial charge in [-0.1, -0.05) is 11.6 Å². The molecule has 0 spiro atoms. The molecule has 0 N–H and O–H groups in total. The standard InChI is InChI=1S/C17H17ClN2O2/c18-14-5-3-13(4-6-14)17(21)20-10-7-15(8-11-20)22-16-2-1-9-19-12-16/h1-6,9,12,15H,7-8,10-11H2. The summed E-state index contributed by atoms with van der Waals surface area (Å²) < 4.78 is 5.89. The lowest BCUT2D eigenvalue weighted by Gasteiger charge is -2.32.